The maximum atomic E-state index is 13.4. The third-order valence-corrected chi connectivity index (χ3v) is 6.87. The van der Waals surface area contributed by atoms with Crippen LogP contribution in [0.1, 0.15) is 32.6 Å². The Hall–Kier alpha value is -2.98. The van der Waals surface area contributed by atoms with E-state index in [-0.39, 0.29) is 17.8 Å². The van der Waals surface area contributed by atoms with Gasteiger partial charge in [0.1, 0.15) is 12.1 Å². The lowest BCUT2D eigenvalue weighted by Crippen LogP contribution is -2.56. The third kappa shape index (κ3) is 5.74. The molecule has 0 spiro atoms. The normalized spacial score (nSPS) is 19.0. The average molecular weight is 486 g/mol. The molecule has 0 bridgehead atoms. The number of amides is 4. The van der Waals surface area contributed by atoms with E-state index < -0.39 is 12.1 Å². The number of nitrogens with one attached hydrogen (secondary N) is 2. The van der Waals surface area contributed by atoms with Crippen molar-refractivity contribution in [3.05, 3.63) is 35.7 Å². The fraction of sp³-hybridized carbons (Fsp3) is 0.500. The van der Waals surface area contributed by atoms with Gasteiger partial charge in [-0.1, -0.05) is 43.7 Å². The minimum Gasteiger partial charge on any atom is -0.378 e. The van der Waals surface area contributed by atoms with Crippen LogP contribution >= 0.6 is 11.3 Å². The summed E-state index contributed by atoms with van der Waals surface area (Å²) in [6, 6.07) is 8.29. The van der Waals surface area contributed by atoms with Gasteiger partial charge in [0.15, 0.2) is 5.13 Å². The molecule has 182 valence electrons. The number of nitrogens with zero attached hydrogens (tertiary/aromatic N) is 3. The van der Waals surface area contributed by atoms with E-state index in [1.165, 1.54) is 11.3 Å². The fourth-order valence-electron chi connectivity index (χ4n) is 4.32. The summed E-state index contributed by atoms with van der Waals surface area (Å²) in [5.74, 6) is -0.445. The minimum absolute atomic E-state index is 0.203. The molecule has 3 heterocycles. The number of urea groups is 1. The first-order chi connectivity index (χ1) is 16.6. The molecule has 4 amide bonds. The number of ether oxygens (including phenoxy) is 1. The van der Waals surface area contributed by atoms with E-state index in [4.69, 9.17) is 4.74 Å². The standard InChI is InChI=1S/C24H31N5O4S/c1-2-7-18(26-24(32)28-12-14-33-15-13-28)22(31)29-11-6-10-20(29)21(30)27-23-25-19(16-34-23)17-8-4-3-5-9-17/h3-5,8-9,16,18,20H,2,6-7,10-15H2,1H3,(H,26,32)(H,25,27,30)/t18-,20+/m1/s1. The Balaban J connectivity index is 1.39. The molecule has 2 fully saturated rings. The zero-order valence-corrected chi connectivity index (χ0v) is 20.2. The Morgan fingerprint density at radius 1 is 1.18 bits per heavy atom. The number of carbonyl (C=O) groups excluding carboxylic acids is 3. The SMILES string of the molecule is CCC[C@@H](NC(=O)N1CCOCC1)C(=O)N1CCC[C@H]1C(=O)Nc1nc(-c2ccccc2)cs1. The number of hydrogen-bond acceptors (Lipinski definition) is 6. The van der Waals surface area contributed by atoms with Crippen LogP contribution in [-0.2, 0) is 14.3 Å². The van der Waals surface area contributed by atoms with Gasteiger partial charge in [-0.2, -0.15) is 0 Å². The monoisotopic (exact) mass is 485 g/mol. The number of aromatic nitrogens is 1. The van der Waals surface area contributed by atoms with Crippen molar-refractivity contribution in [3.8, 4) is 11.3 Å². The molecule has 1 aromatic heterocycles. The lowest BCUT2D eigenvalue weighted by atomic mass is 10.1. The van der Waals surface area contributed by atoms with Crippen molar-refractivity contribution >= 4 is 34.3 Å². The van der Waals surface area contributed by atoms with Crippen LogP contribution in [0.5, 0.6) is 0 Å². The van der Waals surface area contributed by atoms with Gasteiger partial charge < -0.3 is 25.2 Å². The highest BCUT2D eigenvalue weighted by Crippen LogP contribution is 2.26. The van der Waals surface area contributed by atoms with Crippen molar-refractivity contribution in [2.75, 3.05) is 38.2 Å². The van der Waals surface area contributed by atoms with Crippen molar-refractivity contribution in [1.82, 2.24) is 20.1 Å². The van der Waals surface area contributed by atoms with Gasteiger partial charge in [0.2, 0.25) is 11.8 Å². The summed E-state index contributed by atoms with van der Waals surface area (Å²) >= 11 is 1.36. The molecule has 2 N–H and O–H groups in total. The maximum Gasteiger partial charge on any atom is 0.318 e. The predicted octanol–water partition coefficient (Wildman–Crippen LogP) is 2.95. The van der Waals surface area contributed by atoms with Crippen LogP contribution < -0.4 is 10.6 Å². The number of morpholine rings is 1. The second-order valence-electron chi connectivity index (χ2n) is 8.47. The number of benzene rings is 1. The molecule has 10 heteroatoms. The number of hydrogen-bond donors (Lipinski definition) is 2. The van der Waals surface area contributed by atoms with Gasteiger partial charge in [0.05, 0.1) is 18.9 Å². The summed E-state index contributed by atoms with van der Waals surface area (Å²) in [6.45, 7) is 4.48. The summed E-state index contributed by atoms with van der Waals surface area (Å²) in [7, 11) is 0. The second-order valence-corrected chi connectivity index (χ2v) is 9.33. The first kappa shape index (κ1) is 24.2. The zero-order valence-electron chi connectivity index (χ0n) is 19.4. The Kier molecular flexibility index (Phi) is 8.12. The molecule has 2 saturated heterocycles. The summed E-state index contributed by atoms with van der Waals surface area (Å²) in [5.41, 5.74) is 1.78. The largest absolute Gasteiger partial charge is 0.378 e. The number of thiazole rings is 1. The van der Waals surface area contributed by atoms with Crippen LogP contribution in [0.15, 0.2) is 35.7 Å². The van der Waals surface area contributed by atoms with Crippen LogP contribution in [0.25, 0.3) is 11.3 Å². The van der Waals surface area contributed by atoms with Crippen LogP contribution in [0, 0.1) is 0 Å². The first-order valence-electron chi connectivity index (χ1n) is 11.8. The van der Waals surface area contributed by atoms with Crippen LogP contribution in [0.2, 0.25) is 0 Å². The predicted molar refractivity (Wildman–Crippen MR) is 131 cm³/mol. The Labute approximate surface area is 203 Å². The van der Waals surface area contributed by atoms with Crippen molar-refractivity contribution in [3.63, 3.8) is 0 Å². The second kappa shape index (κ2) is 11.4. The van der Waals surface area contributed by atoms with Gasteiger partial charge in [-0.25, -0.2) is 9.78 Å². The number of carbonyl (C=O) groups is 3. The molecule has 34 heavy (non-hydrogen) atoms. The molecule has 2 aromatic rings. The molecule has 1 aromatic carbocycles. The molecule has 4 rings (SSSR count). The Morgan fingerprint density at radius 2 is 1.94 bits per heavy atom. The average Bonchev–Trinajstić information content (AvgIpc) is 3.54. The highest BCUT2D eigenvalue weighted by atomic mass is 32.1. The molecule has 0 aliphatic carbocycles. The van der Waals surface area contributed by atoms with Crippen molar-refractivity contribution in [1.29, 1.82) is 0 Å². The van der Waals surface area contributed by atoms with Gasteiger partial charge >= 0.3 is 6.03 Å². The summed E-state index contributed by atoms with van der Waals surface area (Å²) < 4.78 is 5.30. The third-order valence-electron chi connectivity index (χ3n) is 6.11. The molecular formula is C24H31N5O4S. The van der Waals surface area contributed by atoms with E-state index in [2.05, 4.69) is 15.6 Å². The van der Waals surface area contributed by atoms with E-state index in [0.29, 0.717) is 50.8 Å². The Morgan fingerprint density at radius 3 is 2.68 bits per heavy atom. The van der Waals surface area contributed by atoms with Gasteiger partial charge in [0.25, 0.3) is 0 Å². The summed E-state index contributed by atoms with van der Waals surface area (Å²) in [4.78, 5) is 47.0. The zero-order chi connectivity index (χ0) is 23.9. The van der Waals surface area contributed by atoms with Crippen molar-refractivity contribution in [2.45, 2.75) is 44.7 Å². The molecule has 0 unspecified atom stereocenters. The number of rotatable bonds is 7. The smallest absolute Gasteiger partial charge is 0.318 e. The van der Waals surface area contributed by atoms with Gasteiger partial charge in [0, 0.05) is 30.6 Å². The lowest BCUT2D eigenvalue weighted by molar-refractivity contribution is -0.138. The molecular weight excluding hydrogens is 454 g/mol. The van der Waals surface area contributed by atoms with E-state index in [0.717, 1.165) is 24.1 Å². The maximum absolute atomic E-state index is 13.4. The first-order valence-corrected chi connectivity index (χ1v) is 12.7. The summed E-state index contributed by atoms with van der Waals surface area (Å²) in [5, 5.41) is 8.19. The van der Waals surface area contributed by atoms with Crippen LogP contribution in [-0.4, -0.2) is 77.6 Å². The van der Waals surface area contributed by atoms with Crippen molar-refractivity contribution in [2.24, 2.45) is 0 Å². The highest BCUT2D eigenvalue weighted by molar-refractivity contribution is 7.14. The van der Waals surface area contributed by atoms with E-state index in [1.807, 2.05) is 42.6 Å². The highest BCUT2D eigenvalue weighted by Gasteiger charge is 2.38. The van der Waals surface area contributed by atoms with Gasteiger partial charge in [-0.15, -0.1) is 11.3 Å². The molecule has 2 aliphatic rings. The lowest BCUT2D eigenvalue weighted by Gasteiger charge is -2.31. The van der Waals surface area contributed by atoms with Gasteiger partial charge in [-0.05, 0) is 19.3 Å². The molecule has 0 radical (unpaired) electrons. The van der Waals surface area contributed by atoms with Crippen molar-refractivity contribution < 1.29 is 19.1 Å². The number of anilines is 1. The van der Waals surface area contributed by atoms with Crippen LogP contribution in [0.3, 0.4) is 0 Å². The molecule has 9 nitrogen and oxygen atoms in total. The van der Waals surface area contributed by atoms with Gasteiger partial charge in [-0.3, -0.25) is 9.59 Å². The van der Waals surface area contributed by atoms with E-state index in [1.54, 1.807) is 9.80 Å². The topological polar surface area (TPSA) is 104 Å². The number of likely N-dealkylation sites (tertiary alicyclic amines) is 1. The fourth-order valence-corrected chi connectivity index (χ4v) is 5.04. The molecule has 2 atom stereocenters. The molecule has 0 saturated carbocycles. The minimum atomic E-state index is -0.654. The van der Waals surface area contributed by atoms with E-state index in [9.17, 15) is 14.4 Å². The quantitative estimate of drug-likeness (QED) is 0.628. The summed E-state index contributed by atoms with van der Waals surface area (Å²) in [6.07, 6.45) is 2.59. The Bertz CT molecular complexity index is 992. The van der Waals surface area contributed by atoms with Crippen LogP contribution in [0.4, 0.5) is 9.93 Å². The molecule has 2 aliphatic heterocycles. The van der Waals surface area contributed by atoms with E-state index >= 15 is 0 Å².